The van der Waals surface area contributed by atoms with Gasteiger partial charge in [0.25, 0.3) is 0 Å². The van der Waals surface area contributed by atoms with Gasteiger partial charge in [0.05, 0.1) is 10.7 Å². The van der Waals surface area contributed by atoms with Crippen molar-refractivity contribution >= 4 is 23.2 Å². The second-order valence-corrected chi connectivity index (χ2v) is 4.61. The van der Waals surface area contributed by atoms with E-state index >= 15 is 0 Å². The molecule has 0 radical (unpaired) electrons. The van der Waals surface area contributed by atoms with E-state index < -0.39 is 0 Å². The molecule has 0 aliphatic heterocycles. The molecule has 0 aliphatic rings. The highest BCUT2D eigenvalue weighted by Gasteiger charge is 2.06. The van der Waals surface area contributed by atoms with Crippen LogP contribution >= 0.6 is 23.2 Å². The summed E-state index contributed by atoms with van der Waals surface area (Å²) >= 11 is 11.9. The van der Waals surface area contributed by atoms with Gasteiger partial charge < -0.3 is 4.74 Å². The second-order valence-electron chi connectivity index (χ2n) is 3.81. The molecule has 4 heteroatoms. The molecule has 0 atom stereocenters. The fourth-order valence-electron chi connectivity index (χ4n) is 1.64. The summed E-state index contributed by atoms with van der Waals surface area (Å²) in [6.07, 6.45) is 0.923. The number of hydrogen-bond donors (Lipinski definition) is 0. The first-order valence-electron chi connectivity index (χ1n) is 5.72. The Labute approximate surface area is 117 Å². The Morgan fingerprint density at radius 2 is 1.89 bits per heavy atom. The predicted octanol–water partition coefficient (Wildman–Crippen LogP) is 4.53. The number of pyridine rings is 1. The lowest BCUT2D eigenvalue weighted by atomic mass is 10.1. The third-order valence-electron chi connectivity index (χ3n) is 2.60. The van der Waals surface area contributed by atoms with Gasteiger partial charge in [-0.1, -0.05) is 48.3 Å². The normalized spacial score (nSPS) is 10.4. The van der Waals surface area contributed by atoms with Gasteiger partial charge in [0.2, 0.25) is 0 Å². The molecule has 1 heterocycles. The van der Waals surface area contributed by atoms with Crippen LogP contribution in [0.25, 0.3) is 0 Å². The van der Waals surface area contributed by atoms with Crippen molar-refractivity contribution in [1.82, 2.24) is 4.98 Å². The average molecular weight is 282 g/mol. The molecule has 0 unspecified atom stereocenters. The zero-order chi connectivity index (χ0) is 13.0. The molecule has 0 spiro atoms. The van der Waals surface area contributed by atoms with Crippen LogP contribution in [0.5, 0.6) is 5.75 Å². The number of para-hydroxylation sites is 1. The minimum absolute atomic E-state index is 0.316. The number of rotatable bonds is 4. The maximum Gasteiger partial charge on any atom is 0.132 e. The van der Waals surface area contributed by atoms with Crippen LogP contribution in [0.1, 0.15) is 18.2 Å². The van der Waals surface area contributed by atoms with Gasteiger partial charge in [0.15, 0.2) is 0 Å². The summed E-state index contributed by atoms with van der Waals surface area (Å²) in [5.74, 6) is 0.859. The summed E-state index contributed by atoms with van der Waals surface area (Å²) in [6, 6.07) is 11.3. The third-order valence-corrected chi connectivity index (χ3v) is 3.16. The molecule has 1 aromatic heterocycles. The van der Waals surface area contributed by atoms with Crippen molar-refractivity contribution in [3.8, 4) is 5.75 Å². The smallest absolute Gasteiger partial charge is 0.132 e. The first-order valence-corrected chi connectivity index (χ1v) is 6.48. The van der Waals surface area contributed by atoms with Crippen LogP contribution in [0.3, 0.4) is 0 Å². The lowest BCUT2D eigenvalue weighted by Crippen LogP contribution is -2.01. The monoisotopic (exact) mass is 281 g/mol. The number of aryl methyl sites for hydroxylation is 1. The Hall–Kier alpha value is -1.25. The Kier molecular flexibility index (Phi) is 4.45. The number of benzene rings is 1. The molecule has 2 rings (SSSR count). The zero-order valence-electron chi connectivity index (χ0n) is 9.99. The van der Waals surface area contributed by atoms with E-state index in [9.17, 15) is 0 Å². The second kappa shape index (κ2) is 6.07. The molecule has 1 aromatic carbocycles. The molecule has 0 fully saturated rings. The molecular weight excluding hydrogens is 269 g/mol. The van der Waals surface area contributed by atoms with Crippen LogP contribution in [0, 0.1) is 0 Å². The van der Waals surface area contributed by atoms with Crippen LogP contribution in [0.4, 0.5) is 0 Å². The molecule has 94 valence electrons. The lowest BCUT2D eigenvalue weighted by Gasteiger charge is -2.10. The van der Waals surface area contributed by atoms with Crippen LogP contribution in [0.15, 0.2) is 36.4 Å². The molecule has 18 heavy (non-hydrogen) atoms. The predicted molar refractivity (Wildman–Crippen MR) is 74.4 cm³/mol. The summed E-state index contributed by atoms with van der Waals surface area (Å²) in [7, 11) is 0. The Balaban J connectivity index is 2.14. The largest absolute Gasteiger partial charge is 0.487 e. The quantitative estimate of drug-likeness (QED) is 0.768. The van der Waals surface area contributed by atoms with E-state index in [0.29, 0.717) is 22.5 Å². The van der Waals surface area contributed by atoms with E-state index in [0.717, 1.165) is 17.7 Å². The summed E-state index contributed by atoms with van der Waals surface area (Å²) in [4.78, 5) is 4.15. The van der Waals surface area contributed by atoms with Crippen molar-refractivity contribution in [2.45, 2.75) is 20.0 Å². The van der Waals surface area contributed by atoms with Crippen molar-refractivity contribution in [2.24, 2.45) is 0 Å². The van der Waals surface area contributed by atoms with Gasteiger partial charge in [-0.15, -0.1) is 0 Å². The van der Waals surface area contributed by atoms with Crippen molar-refractivity contribution in [2.75, 3.05) is 0 Å². The van der Waals surface area contributed by atoms with Gasteiger partial charge in [-0.3, -0.25) is 0 Å². The van der Waals surface area contributed by atoms with Crippen molar-refractivity contribution in [3.05, 3.63) is 57.8 Å². The van der Waals surface area contributed by atoms with E-state index in [2.05, 4.69) is 11.9 Å². The fourth-order valence-corrected chi connectivity index (χ4v) is 1.97. The molecule has 0 saturated heterocycles. The van der Waals surface area contributed by atoms with Crippen LogP contribution < -0.4 is 4.74 Å². The number of ether oxygens (including phenoxy) is 1. The van der Waals surface area contributed by atoms with Crippen molar-refractivity contribution in [3.63, 3.8) is 0 Å². The van der Waals surface area contributed by atoms with Crippen LogP contribution in [-0.2, 0) is 13.0 Å². The van der Waals surface area contributed by atoms with Gasteiger partial charge in [-0.25, -0.2) is 4.98 Å². The molecular formula is C14H13Cl2NO. The fraction of sp³-hybridized carbons (Fsp3) is 0.214. The average Bonchev–Trinajstić information content (AvgIpc) is 2.40. The standard InChI is InChI=1S/C14H13Cl2NO/c1-2-10-5-3-4-6-13(10)18-9-12-11(15)7-8-14(16)17-12/h3-8H,2,9H2,1H3. The van der Waals surface area contributed by atoms with E-state index in [-0.39, 0.29) is 0 Å². The first kappa shape index (κ1) is 13.2. The topological polar surface area (TPSA) is 22.1 Å². The molecule has 0 bridgehead atoms. The SMILES string of the molecule is CCc1ccccc1OCc1nc(Cl)ccc1Cl. The highest BCUT2D eigenvalue weighted by molar-refractivity contribution is 6.32. The van der Waals surface area contributed by atoms with Gasteiger partial charge in [-0.05, 0) is 30.2 Å². The van der Waals surface area contributed by atoms with Gasteiger partial charge in [0.1, 0.15) is 17.5 Å². The van der Waals surface area contributed by atoms with E-state index in [1.807, 2.05) is 24.3 Å². The number of nitrogens with zero attached hydrogens (tertiary/aromatic N) is 1. The van der Waals surface area contributed by atoms with Gasteiger partial charge >= 0.3 is 0 Å². The molecule has 0 amide bonds. The molecule has 0 aliphatic carbocycles. The van der Waals surface area contributed by atoms with Crippen LogP contribution in [0.2, 0.25) is 10.2 Å². The van der Waals surface area contributed by atoms with E-state index in [1.165, 1.54) is 0 Å². The molecule has 2 aromatic rings. The Bertz CT molecular complexity index is 543. The highest BCUT2D eigenvalue weighted by atomic mass is 35.5. The maximum absolute atomic E-state index is 6.03. The molecule has 0 N–H and O–H groups in total. The van der Waals surface area contributed by atoms with Crippen LogP contribution in [-0.4, -0.2) is 4.98 Å². The first-order chi connectivity index (χ1) is 8.70. The van der Waals surface area contributed by atoms with E-state index in [1.54, 1.807) is 12.1 Å². The Morgan fingerprint density at radius 1 is 1.11 bits per heavy atom. The third kappa shape index (κ3) is 3.15. The van der Waals surface area contributed by atoms with Gasteiger partial charge in [-0.2, -0.15) is 0 Å². The summed E-state index contributed by atoms with van der Waals surface area (Å²) in [6.45, 7) is 2.41. The molecule has 2 nitrogen and oxygen atoms in total. The minimum Gasteiger partial charge on any atom is -0.487 e. The highest BCUT2D eigenvalue weighted by Crippen LogP contribution is 2.22. The lowest BCUT2D eigenvalue weighted by molar-refractivity contribution is 0.298. The summed E-state index contributed by atoms with van der Waals surface area (Å²) in [5, 5.41) is 0.982. The maximum atomic E-state index is 6.03. The number of aromatic nitrogens is 1. The summed E-state index contributed by atoms with van der Waals surface area (Å²) < 4.78 is 5.74. The summed E-state index contributed by atoms with van der Waals surface area (Å²) in [5.41, 5.74) is 1.81. The van der Waals surface area contributed by atoms with Gasteiger partial charge in [0, 0.05) is 0 Å². The minimum atomic E-state index is 0.316. The molecule has 0 saturated carbocycles. The Morgan fingerprint density at radius 3 is 2.67 bits per heavy atom. The van der Waals surface area contributed by atoms with Crippen molar-refractivity contribution < 1.29 is 4.74 Å². The number of halogens is 2. The van der Waals surface area contributed by atoms with E-state index in [4.69, 9.17) is 27.9 Å². The number of hydrogen-bond acceptors (Lipinski definition) is 2. The zero-order valence-corrected chi connectivity index (χ0v) is 11.5. The van der Waals surface area contributed by atoms with Crippen molar-refractivity contribution in [1.29, 1.82) is 0 Å².